The highest BCUT2D eigenvalue weighted by molar-refractivity contribution is 5.81. The molecule has 0 spiro atoms. The molecule has 0 aliphatic carbocycles. The van der Waals surface area contributed by atoms with Gasteiger partial charge in [0.15, 0.2) is 0 Å². The van der Waals surface area contributed by atoms with Crippen molar-refractivity contribution in [2.75, 3.05) is 6.54 Å². The maximum atomic E-state index is 11.6. The second kappa shape index (κ2) is 8.34. The van der Waals surface area contributed by atoms with E-state index in [0.717, 1.165) is 12.8 Å². The Hall–Kier alpha value is -1.79. The number of carbonyl (C=O) groups is 1. The molecule has 0 heterocycles. The summed E-state index contributed by atoms with van der Waals surface area (Å²) in [4.78, 5) is 11.6. The van der Waals surface area contributed by atoms with Crippen LogP contribution in [-0.4, -0.2) is 24.5 Å². The lowest BCUT2D eigenvalue weighted by Crippen LogP contribution is -2.45. The molecule has 0 aliphatic rings. The van der Waals surface area contributed by atoms with Crippen molar-refractivity contribution in [1.29, 1.82) is 0 Å². The standard InChI is InChI=1S/C16H22N2O/c1-4-12-17-16(19)14(3)18-13(2)10-11-15-8-6-5-7-9-15/h1,5-9,13-14,18H,10-12H2,2-3H3,(H,17,19). The maximum absolute atomic E-state index is 11.6. The average Bonchev–Trinajstić information content (AvgIpc) is 2.43. The van der Waals surface area contributed by atoms with Crippen LogP contribution < -0.4 is 10.6 Å². The first-order valence-corrected chi connectivity index (χ1v) is 6.64. The molecule has 19 heavy (non-hydrogen) atoms. The van der Waals surface area contributed by atoms with E-state index >= 15 is 0 Å². The summed E-state index contributed by atoms with van der Waals surface area (Å²) in [6.07, 6.45) is 7.11. The molecule has 0 saturated carbocycles. The molecular formula is C16H22N2O. The number of nitrogens with one attached hydrogen (secondary N) is 2. The highest BCUT2D eigenvalue weighted by Gasteiger charge is 2.14. The van der Waals surface area contributed by atoms with Crippen molar-refractivity contribution in [3.8, 4) is 12.3 Å². The molecule has 0 saturated heterocycles. The minimum absolute atomic E-state index is 0.0514. The van der Waals surface area contributed by atoms with Crippen LogP contribution in [0.15, 0.2) is 30.3 Å². The van der Waals surface area contributed by atoms with Crippen molar-refractivity contribution in [2.24, 2.45) is 0 Å². The monoisotopic (exact) mass is 258 g/mol. The summed E-state index contributed by atoms with van der Waals surface area (Å²) in [5.41, 5.74) is 1.32. The molecule has 3 heteroatoms. The zero-order valence-corrected chi connectivity index (χ0v) is 11.6. The third kappa shape index (κ3) is 6.08. The molecule has 1 aromatic carbocycles. The molecule has 0 aromatic heterocycles. The molecular weight excluding hydrogens is 236 g/mol. The van der Waals surface area contributed by atoms with Crippen molar-refractivity contribution in [3.63, 3.8) is 0 Å². The fourth-order valence-corrected chi connectivity index (χ4v) is 1.90. The molecule has 0 fully saturated rings. The SMILES string of the molecule is C#CCNC(=O)C(C)NC(C)CCc1ccccc1. The van der Waals surface area contributed by atoms with Crippen molar-refractivity contribution in [3.05, 3.63) is 35.9 Å². The smallest absolute Gasteiger partial charge is 0.237 e. The summed E-state index contributed by atoms with van der Waals surface area (Å²) in [7, 11) is 0. The molecule has 0 bridgehead atoms. The van der Waals surface area contributed by atoms with Crippen LogP contribution in [0.4, 0.5) is 0 Å². The largest absolute Gasteiger partial charge is 0.344 e. The van der Waals surface area contributed by atoms with Gasteiger partial charge in [0, 0.05) is 6.04 Å². The van der Waals surface area contributed by atoms with Crippen LogP contribution in [0, 0.1) is 12.3 Å². The van der Waals surface area contributed by atoms with Crippen molar-refractivity contribution >= 4 is 5.91 Å². The van der Waals surface area contributed by atoms with E-state index in [4.69, 9.17) is 6.42 Å². The summed E-state index contributed by atoms with van der Waals surface area (Å²) >= 11 is 0. The molecule has 1 aromatic rings. The normalized spacial score (nSPS) is 13.3. The number of hydrogen-bond donors (Lipinski definition) is 2. The Balaban J connectivity index is 2.29. The van der Waals surface area contributed by atoms with Crippen molar-refractivity contribution in [2.45, 2.75) is 38.8 Å². The fourth-order valence-electron chi connectivity index (χ4n) is 1.90. The van der Waals surface area contributed by atoms with E-state index in [9.17, 15) is 4.79 Å². The Bertz CT molecular complexity index is 422. The van der Waals surface area contributed by atoms with Crippen molar-refractivity contribution in [1.82, 2.24) is 10.6 Å². The minimum atomic E-state index is -0.223. The Morgan fingerprint density at radius 2 is 2.00 bits per heavy atom. The van der Waals surface area contributed by atoms with Gasteiger partial charge in [-0.25, -0.2) is 0 Å². The summed E-state index contributed by atoms with van der Waals surface area (Å²) in [6, 6.07) is 10.4. The topological polar surface area (TPSA) is 41.1 Å². The zero-order chi connectivity index (χ0) is 14.1. The van der Waals surface area contributed by atoms with Gasteiger partial charge in [0.25, 0.3) is 0 Å². The summed E-state index contributed by atoms with van der Waals surface area (Å²) in [6.45, 7) is 4.22. The molecule has 1 amide bonds. The first kappa shape index (κ1) is 15.3. The Morgan fingerprint density at radius 1 is 1.32 bits per heavy atom. The van der Waals surface area contributed by atoms with Gasteiger partial charge in [-0.2, -0.15) is 0 Å². The molecule has 3 nitrogen and oxygen atoms in total. The van der Waals surface area contributed by atoms with E-state index < -0.39 is 0 Å². The van der Waals surface area contributed by atoms with Crippen LogP contribution in [0.25, 0.3) is 0 Å². The lowest BCUT2D eigenvalue weighted by atomic mass is 10.1. The maximum Gasteiger partial charge on any atom is 0.237 e. The van der Waals surface area contributed by atoms with E-state index in [-0.39, 0.29) is 24.5 Å². The Morgan fingerprint density at radius 3 is 2.63 bits per heavy atom. The van der Waals surface area contributed by atoms with E-state index in [1.807, 2.05) is 25.1 Å². The molecule has 2 atom stereocenters. The van der Waals surface area contributed by atoms with Crippen LogP contribution in [-0.2, 0) is 11.2 Å². The number of amides is 1. The summed E-state index contributed by atoms with van der Waals surface area (Å²) < 4.78 is 0. The first-order chi connectivity index (χ1) is 9.13. The number of hydrogen-bond acceptors (Lipinski definition) is 2. The number of terminal acetylenes is 1. The molecule has 102 valence electrons. The Kier molecular flexibility index (Phi) is 6.70. The van der Waals surface area contributed by atoms with Gasteiger partial charge in [0.1, 0.15) is 0 Å². The molecule has 0 radical (unpaired) electrons. The van der Waals surface area contributed by atoms with Crippen LogP contribution >= 0.6 is 0 Å². The van der Waals surface area contributed by atoms with Crippen LogP contribution in [0.5, 0.6) is 0 Å². The number of aryl methyl sites for hydroxylation is 1. The van der Waals surface area contributed by atoms with Gasteiger partial charge in [-0.05, 0) is 32.3 Å². The molecule has 2 unspecified atom stereocenters. The first-order valence-electron chi connectivity index (χ1n) is 6.64. The molecule has 0 aliphatic heterocycles. The van der Waals surface area contributed by atoms with Gasteiger partial charge in [-0.15, -0.1) is 6.42 Å². The van der Waals surface area contributed by atoms with Gasteiger partial charge in [-0.3, -0.25) is 4.79 Å². The number of benzene rings is 1. The highest BCUT2D eigenvalue weighted by Crippen LogP contribution is 2.05. The van der Waals surface area contributed by atoms with Gasteiger partial charge in [0.2, 0.25) is 5.91 Å². The minimum Gasteiger partial charge on any atom is -0.344 e. The Labute approximate surface area is 115 Å². The third-order valence-electron chi connectivity index (χ3n) is 3.00. The van der Waals surface area contributed by atoms with Gasteiger partial charge in [0.05, 0.1) is 12.6 Å². The van der Waals surface area contributed by atoms with Gasteiger partial charge < -0.3 is 10.6 Å². The predicted octanol–water partition coefficient (Wildman–Crippen LogP) is 1.74. The van der Waals surface area contributed by atoms with Crippen LogP contribution in [0.2, 0.25) is 0 Å². The van der Waals surface area contributed by atoms with E-state index in [0.29, 0.717) is 0 Å². The van der Waals surface area contributed by atoms with Gasteiger partial charge in [-0.1, -0.05) is 36.3 Å². The van der Waals surface area contributed by atoms with E-state index in [1.54, 1.807) is 0 Å². The summed E-state index contributed by atoms with van der Waals surface area (Å²) in [5, 5.41) is 5.95. The molecule has 1 rings (SSSR count). The highest BCUT2D eigenvalue weighted by atomic mass is 16.2. The molecule has 2 N–H and O–H groups in total. The van der Waals surface area contributed by atoms with Crippen molar-refractivity contribution < 1.29 is 4.79 Å². The second-order valence-electron chi connectivity index (χ2n) is 4.74. The number of carbonyl (C=O) groups excluding carboxylic acids is 1. The van der Waals surface area contributed by atoms with Gasteiger partial charge >= 0.3 is 0 Å². The third-order valence-corrected chi connectivity index (χ3v) is 3.00. The summed E-state index contributed by atoms with van der Waals surface area (Å²) in [5.74, 6) is 2.34. The van der Waals surface area contributed by atoms with E-state index in [1.165, 1.54) is 5.56 Å². The zero-order valence-electron chi connectivity index (χ0n) is 11.6. The number of rotatable bonds is 7. The van der Waals surface area contributed by atoms with E-state index in [2.05, 4.69) is 35.6 Å². The van der Waals surface area contributed by atoms with Crippen LogP contribution in [0.1, 0.15) is 25.8 Å². The fraction of sp³-hybridized carbons (Fsp3) is 0.438. The quantitative estimate of drug-likeness (QED) is 0.731. The second-order valence-corrected chi connectivity index (χ2v) is 4.74. The lowest BCUT2D eigenvalue weighted by molar-refractivity contribution is -0.122. The van der Waals surface area contributed by atoms with Crippen LogP contribution in [0.3, 0.4) is 0 Å². The lowest BCUT2D eigenvalue weighted by Gasteiger charge is -2.19. The average molecular weight is 258 g/mol. The predicted molar refractivity (Wildman–Crippen MR) is 78.7 cm³/mol.